The van der Waals surface area contributed by atoms with Crippen LogP contribution < -0.4 is 5.73 Å². The summed E-state index contributed by atoms with van der Waals surface area (Å²) in [6.45, 7) is 3.19. The van der Waals surface area contributed by atoms with Crippen LogP contribution in [0.15, 0.2) is 30.7 Å². The Morgan fingerprint density at radius 3 is 2.58 bits per heavy atom. The molecule has 2 rings (SSSR count). The van der Waals surface area contributed by atoms with E-state index in [1.54, 1.807) is 23.8 Å². The molecule has 0 spiro atoms. The fourth-order valence-corrected chi connectivity index (χ4v) is 1.92. The molecular formula is C13H14F3N3. The molecule has 0 saturated heterocycles. The Morgan fingerprint density at radius 1 is 1.32 bits per heavy atom. The average Bonchev–Trinajstić information content (AvgIpc) is 2.77. The fraction of sp³-hybridized carbons (Fsp3) is 0.308. The zero-order chi connectivity index (χ0) is 14.2. The van der Waals surface area contributed by atoms with Crippen molar-refractivity contribution in [3.05, 3.63) is 47.5 Å². The van der Waals surface area contributed by atoms with Crippen LogP contribution >= 0.6 is 0 Å². The van der Waals surface area contributed by atoms with Crippen molar-refractivity contribution >= 4 is 0 Å². The number of halogens is 3. The van der Waals surface area contributed by atoms with Gasteiger partial charge in [-0.2, -0.15) is 13.2 Å². The molecular weight excluding hydrogens is 255 g/mol. The van der Waals surface area contributed by atoms with Crippen molar-refractivity contribution in [3.63, 3.8) is 0 Å². The van der Waals surface area contributed by atoms with Gasteiger partial charge >= 0.3 is 6.18 Å². The summed E-state index contributed by atoms with van der Waals surface area (Å²) in [5.74, 6) is 0. The van der Waals surface area contributed by atoms with E-state index >= 15 is 0 Å². The lowest BCUT2D eigenvalue weighted by atomic mass is 10.1. The van der Waals surface area contributed by atoms with E-state index in [2.05, 4.69) is 4.98 Å². The molecule has 0 aliphatic rings. The van der Waals surface area contributed by atoms with E-state index < -0.39 is 11.7 Å². The van der Waals surface area contributed by atoms with Crippen LogP contribution in [0.5, 0.6) is 0 Å². The zero-order valence-electron chi connectivity index (χ0n) is 10.6. The first-order valence-electron chi connectivity index (χ1n) is 5.76. The molecule has 0 saturated carbocycles. The monoisotopic (exact) mass is 269 g/mol. The number of alkyl halides is 3. The van der Waals surface area contributed by atoms with Gasteiger partial charge in [0.25, 0.3) is 0 Å². The minimum atomic E-state index is -4.37. The van der Waals surface area contributed by atoms with E-state index in [1.807, 2.05) is 0 Å². The van der Waals surface area contributed by atoms with E-state index in [4.69, 9.17) is 5.73 Å². The smallest absolute Gasteiger partial charge is 0.323 e. The van der Waals surface area contributed by atoms with Gasteiger partial charge in [0.1, 0.15) is 0 Å². The molecule has 3 nitrogen and oxygen atoms in total. The molecule has 1 aromatic heterocycles. The summed E-state index contributed by atoms with van der Waals surface area (Å²) < 4.78 is 40.2. The molecule has 0 aliphatic carbocycles. The molecule has 0 fully saturated rings. The molecule has 2 aromatic rings. The van der Waals surface area contributed by atoms with E-state index in [9.17, 15) is 13.2 Å². The molecule has 0 aliphatic heterocycles. The minimum Gasteiger partial charge on any atom is -0.323 e. The molecule has 6 heteroatoms. The first kappa shape index (κ1) is 13.6. The van der Waals surface area contributed by atoms with Gasteiger partial charge in [-0.3, -0.25) is 0 Å². The Balaban J connectivity index is 2.55. The maximum Gasteiger partial charge on any atom is 0.416 e. The predicted octanol–water partition coefficient (Wildman–Crippen LogP) is 3.22. The van der Waals surface area contributed by atoms with E-state index in [0.29, 0.717) is 11.4 Å². The highest BCUT2D eigenvalue weighted by atomic mass is 19.4. The van der Waals surface area contributed by atoms with Gasteiger partial charge in [-0.05, 0) is 31.5 Å². The van der Waals surface area contributed by atoms with Gasteiger partial charge in [0.05, 0.1) is 23.8 Å². The molecule has 1 heterocycles. The first-order chi connectivity index (χ1) is 8.80. The van der Waals surface area contributed by atoms with Crippen LogP contribution in [0.3, 0.4) is 0 Å². The van der Waals surface area contributed by atoms with Crippen LogP contribution in [0.1, 0.15) is 29.8 Å². The van der Waals surface area contributed by atoms with Crippen LogP contribution in [-0.4, -0.2) is 9.55 Å². The number of aromatic nitrogens is 2. The van der Waals surface area contributed by atoms with Crippen LogP contribution in [0, 0.1) is 6.92 Å². The summed E-state index contributed by atoms with van der Waals surface area (Å²) in [5.41, 5.74) is 6.39. The quantitative estimate of drug-likeness (QED) is 0.909. The molecule has 0 unspecified atom stereocenters. The maximum absolute atomic E-state index is 12.9. The third-order valence-corrected chi connectivity index (χ3v) is 2.94. The number of nitrogens with zero attached hydrogens (tertiary/aromatic N) is 2. The van der Waals surface area contributed by atoms with E-state index in [1.165, 1.54) is 19.3 Å². The van der Waals surface area contributed by atoms with Crippen molar-refractivity contribution in [3.8, 4) is 5.69 Å². The van der Waals surface area contributed by atoms with Crippen LogP contribution in [0.4, 0.5) is 13.2 Å². The Hall–Kier alpha value is -1.82. The number of hydrogen-bond acceptors (Lipinski definition) is 2. The third-order valence-electron chi connectivity index (χ3n) is 2.94. The molecule has 0 radical (unpaired) electrons. The van der Waals surface area contributed by atoms with Gasteiger partial charge < -0.3 is 10.3 Å². The largest absolute Gasteiger partial charge is 0.416 e. The Kier molecular flexibility index (Phi) is 3.36. The summed E-state index contributed by atoms with van der Waals surface area (Å²) in [4.78, 5) is 3.94. The number of benzene rings is 1. The summed E-state index contributed by atoms with van der Waals surface area (Å²) in [6.07, 6.45) is -1.35. The summed E-state index contributed by atoms with van der Waals surface area (Å²) in [5, 5.41) is 0. The van der Waals surface area contributed by atoms with Crippen molar-refractivity contribution in [1.29, 1.82) is 0 Å². The van der Waals surface area contributed by atoms with Gasteiger partial charge in [-0.1, -0.05) is 6.07 Å². The predicted molar refractivity (Wildman–Crippen MR) is 65.9 cm³/mol. The number of aryl methyl sites for hydroxylation is 1. The molecule has 0 amide bonds. The summed E-state index contributed by atoms with van der Waals surface area (Å²) in [7, 11) is 0. The lowest BCUT2D eigenvalue weighted by molar-refractivity contribution is -0.138. The molecule has 2 N–H and O–H groups in total. The lowest BCUT2D eigenvalue weighted by Crippen LogP contribution is -2.12. The van der Waals surface area contributed by atoms with Crippen molar-refractivity contribution in [2.45, 2.75) is 26.1 Å². The Bertz CT molecular complexity index is 585. The second-order valence-electron chi connectivity index (χ2n) is 4.47. The van der Waals surface area contributed by atoms with Crippen molar-refractivity contribution in [1.82, 2.24) is 9.55 Å². The summed E-state index contributed by atoms with van der Waals surface area (Å²) >= 11 is 0. The molecule has 1 atom stereocenters. The van der Waals surface area contributed by atoms with E-state index in [0.717, 1.165) is 6.07 Å². The molecule has 0 bridgehead atoms. The van der Waals surface area contributed by atoms with Gasteiger partial charge in [-0.15, -0.1) is 0 Å². The highest BCUT2D eigenvalue weighted by Crippen LogP contribution is 2.33. The second-order valence-corrected chi connectivity index (χ2v) is 4.47. The number of rotatable bonds is 2. The lowest BCUT2D eigenvalue weighted by Gasteiger charge is -2.15. The van der Waals surface area contributed by atoms with Crippen LogP contribution in [0.2, 0.25) is 0 Å². The van der Waals surface area contributed by atoms with Crippen LogP contribution in [0.25, 0.3) is 5.69 Å². The SMILES string of the molecule is Cc1ccc(-n2cncc2[C@@H](C)N)cc1C(F)(F)F. The van der Waals surface area contributed by atoms with E-state index in [-0.39, 0.29) is 11.6 Å². The topological polar surface area (TPSA) is 43.8 Å². The van der Waals surface area contributed by atoms with Gasteiger partial charge in [0.15, 0.2) is 0 Å². The van der Waals surface area contributed by atoms with Gasteiger partial charge in [0, 0.05) is 11.7 Å². The van der Waals surface area contributed by atoms with Gasteiger partial charge in [0.2, 0.25) is 0 Å². The average molecular weight is 269 g/mol. The third kappa shape index (κ3) is 2.63. The van der Waals surface area contributed by atoms with Crippen molar-refractivity contribution in [2.75, 3.05) is 0 Å². The number of imidazole rings is 1. The van der Waals surface area contributed by atoms with Crippen LogP contribution in [-0.2, 0) is 6.18 Å². The fourth-order valence-electron chi connectivity index (χ4n) is 1.92. The highest BCUT2D eigenvalue weighted by Gasteiger charge is 2.32. The standard InChI is InChI=1S/C13H14F3N3/c1-8-3-4-10(5-11(8)13(14,15)16)19-7-18-6-12(19)9(2)17/h3-7,9H,17H2,1-2H3/t9-/m1/s1. The Labute approximate surface area is 108 Å². The number of nitrogens with two attached hydrogens (primary N) is 1. The maximum atomic E-state index is 12.9. The zero-order valence-corrected chi connectivity index (χ0v) is 10.6. The molecule has 19 heavy (non-hydrogen) atoms. The summed E-state index contributed by atoms with van der Waals surface area (Å²) in [6, 6.07) is 3.88. The first-order valence-corrected chi connectivity index (χ1v) is 5.76. The second kappa shape index (κ2) is 4.70. The Morgan fingerprint density at radius 2 is 2.00 bits per heavy atom. The molecule has 102 valence electrons. The molecule has 1 aromatic carbocycles. The van der Waals surface area contributed by atoms with Crippen molar-refractivity contribution in [2.24, 2.45) is 5.73 Å². The van der Waals surface area contributed by atoms with Gasteiger partial charge in [-0.25, -0.2) is 4.98 Å². The number of hydrogen-bond donors (Lipinski definition) is 1. The highest BCUT2D eigenvalue weighted by molar-refractivity contribution is 5.42. The minimum absolute atomic E-state index is 0.193. The van der Waals surface area contributed by atoms with Crippen molar-refractivity contribution < 1.29 is 13.2 Å². The normalized spacial score (nSPS) is 13.6.